The van der Waals surface area contributed by atoms with Crippen LogP contribution in [-0.2, 0) is 6.61 Å². The molecule has 1 aromatic rings. The van der Waals surface area contributed by atoms with Crippen molar-refractivity contribution in [3.05, 3.63) is 23.9 Å². The fraction of sp³-hybridized carbons (Fsp3) is 0.615. The van der Waals surface area contributed by atoms with Gasteiger partial charge >= 0.3 is 0 Å². The molecule has 3 heteroatoms. The fourth-order valence-electron chi connectivity index (χ4n) is 2.25. The van der Waals surface area contributed by atoms with Crippen molar-refractivity contribution in [2.24, 2.45) is 5.92 Å². The lowest BCUT2D eigenvalue weighted by atomic mass is 9.88. The second-order valence-electron chi connectivity index (χ2n) is 4.54. The van der Waals surface area contributed by atoms with Gasteiger partial charge in [0.1, 0.15) is 6.10 Å². The van der Waals surface area contributed by atoms with E-state index in [4.69, 9.17) is 4.74 Å². The highest BCUT2D eigenvalue weighted by Gasteiger charge is 2.23. The van der Waals surface area contributed by atoms with Crippen molar-refractivity contribution in [2.45, 2.75) is 45.3 Å². The average Bonchev–Trinajstić information content (AvgIpc) is 2.33. The number of hydrogen-bond acceptors (Lipinski definition) is 3. The molecule has 2 unspecified atom stereocenters. The Kier molecular flexibility index (Phi) is 3.78. The van der Waals surface area contributed by atoms with Gasteiger partial charge in [-0.25, -0.2) is 4.98 Å². The summed E-state index contributed by atoms with van der Waals surface area (Å²) in [6.45, 7) is 2.22. The topological polar surface area (TPSA) is 42.4 Å². The molecule has 0 saturated heterocycles. The zero-order chi connectivity index (χ0) is 11.4. The summed E-state index contributed by atoms with van der Waals surface area (Å²) in [4.78, 5) is 4.20. The zero-order valence-corrected chi connectivity index (χ0v) is 9.72. The molecular formula is C13H19NO2. The van der Waals surface area contributed by atoms with Crippen LogP contribution in [0, 0.1) is 5.92 Å². The first kappa shape index (κ1) is 11.4. The first-order chi connectivity index (χ1) is 7.81. The molecule has 3 nitrogen and oxygen atoms in total. The summed E-state index contributed by atoms with van der Waals surface area (Å²) >= 11 is 0. The van der Waals surface area contributed by atoms with E-state index in [0.29, 0.717) is 11.8 Å². The van der Waals surface area contributed by atoms with Crippen LogP contribution < -0.4 is 4.74 Å². The molecule has 1 aliphatic carbocycles. The van der Waals surface area contributed by atoms with Crippen LogP contribution in [0.15, 0.2) is 18.3 Å². The molecule has 0 amide bonds. The standard InChI is InChI=1S/C13H19NO2/c1-10-5-2-3-7-12(10)16-13-11(9-15)6-4-8-14-13/h4,6,8,10,12,15H,2-3,5,7,9H2,1H3. The Labute approximate surface area is 96.5 Å². The molecule has 1 heterocycles. The Morgan fingerprint density at radius 2 is 2.25 bits per heavy atom. The van der Waals surface area contributed by atoms with Crippen LogP contribution in [0.2, 0.25) is 0 Å². The van der Waals surface area contributed by atoms with Crippen LogP contribution >= 0.6 is 0 Å². The average molecular weight is 221 g/mol. The minimum Gasteiger partial charge on any atom is -0.474 e. The first-order valence-corrected chi connectivity index (χ1v) is 6.02. The Morgan fingerprint density at radius 3 is 3.00 bits per heavy atom. The van der Waals surface area contributed by atoms with E-state index in [1.807, 2.05) is 12.1 Å². The molecule has 1 N–H and O–H groups in total. The van der Waals surface area contributed by atoms with E-state index in [9.17, 15) is 5.11 Å². The van der Waals surface area contributed by atoms with Crippen LogP contribution in [-0.4, -0.2) is 16.2 Å². The van der Waals surface area contributed by atoms with Gasteiger partial charge < -0.3 is 9.84 Å². The van der Waals surface area contributed by atoms with Crippen LogP contribution in [0.1, 0.15) is 38.2 Å². The van der Waals surface area contributed by atoms with Crippen molar-refractivity contribution in [3.8, 4) is 5.88 Å². The van der Waals surface area contributed by atoms with Gasteiger partial charge in [0, 0.05) is 11.8 Å². The molecule has 88 valence electrons. The van der Waals surface area contributed by atoms with Crippen molar-refractivity contribution < 1.29 is 9.84 Å². The van der Waals surface area contributed by atoms with Crippen molar-refractivity contribution >= 4 is 0 Å². The van der Waals surface area contributed by atoms with Crippen molar-refractivity contribution in [1.82, 2.24) is 4.98 Å². The van der Waals surface area contributed by atoms with Crippen LogP contribution in [0.4, 0.5) is 0 Å². The predicted molar refractivity (Wildman–Crippen MR) is 62.2 cm³/mol. The fourth-order valence-corrected chi connectivity index (χ4v) is 2.25. The monoisotopic (exact) mass is 221 g/mol. The summed E-state index contributed by atoms with van der Waals surface area (Å²) < 4.78 is 5.92. The normalized spacial score (nSPS) is 25.4. The van der Waals surface area contributed by atoms with Crippen LogP contribution in [0.5, 0.6) is 5.88 Å². The number of aromatic nitrogens is 1. The molecule has 0 spiro atoms. The Balaban J connectivity index is 2.07. The molecule has 2 atom stereocenters. The molecule has 1 saturated carbocycles. The maximum Gasteiger partial charge on any atom is 0.219 e. The quantitative estimate of drug-likeness (QED) is 0.852. The minimum atomic E-state index is -0.00965. The van der Waals surface area contributed by atoms with Crippen molar-refractivity contribution in [2.75, 3.05) is 0 Å². The van der Waals surface area contributed by atoms with Gasteiger partial charge in [0.15, 0.2) is 0 Å². The van der Waals surface area contributed by atoms with E-state index < -0.39 is 0 Å². The lowest BCUT2D eigenvalue weighted by molar-refractivity contribution is 0.0944. The van der Waals surface area contributed by atoms with Gasteiger partial charge in [0.2, 0.25) is 5.88 Å². The van der Waals surface area contributed by atoms with E-state index in [1.54, 1.807) is 6.20 Å². The molecule has 0 bridgehead atoms. The predicted octanol–water partition coefficient (Wildman–Crippen LogP) is 2.53. The molecule has 16 heavy (non-hydrogen) atoms. The van der Waals surface area contributed by atoms with Gasteiger partial charge in [0.25, 0.3) is 0 Å². The molecular weight excluding hydrogens is 202 g/mol. The number of aliphatic hydroxyl groups excluding tert-OH is 1. The van der Waals surface area contributed by atoms with Crippen molar-refractivity contribution in [1.29, 1.82) is 0 Å². The molecule has 1 aromatic heterocycles. The van der Waals surface area contributed by atoms with E-state index in [0.717, 1.165) is 12.0 Å². The number of ether oxygens (including phenoxy) is 1. The maximum absolute atomic E-state index is 9.19. The number of aliphatic hydroxyl groups is 1. The van der Waals surface area contributed by atoms with Crippen molar-refractivity contribution in [3.63, 3.8) is 0 Å². The smallest absolute Gasteiger partial charge is 0.219 e. The molecule has 2 rings (SSSR count). The molecule has 1 fully saturated rings. The van der Waals surface area contributed by atoms with E-state index in [-0.39, 0.29) is 12.7 Å². The van der Waals surface area contributed by atoms with Gasteiger partial charge in [0.05, 0.1) is 6.61 Å². The first-order valence-electron chi connectivity index (χ1n) is 6.02. The summed E-state index contributed by atoms with van der Waals surface area (Å²) in [5.74, 6) is 1.19. The Morgan fingerprint density at radius 1 is 1.44 bits per heavy atom. The SMILES string of the molecule is CC1CCCCC1Oc1ncccc1CO. The largest absolute Gasteiger partial charge is 0.474 e. The van der Waals surface area contributed by atoms with Gasteiger partial charge in [-0.1, -0.05) is 13.3 Å². The lowest BCUT2D eigenvalue weighted by Crippen LogP contribution is -2.29. The minimum absolute atomic E-state index is 0.00965. The highest BCUT2D eigenvalue weighted by atomic mass is 16.5. The Hall–Kier alpha value is -1.09. The van der Waals surface area contributed by atoms with E-state index >= 15 is 0 Å². The summed E-state index contributed by atoms with van der Waals surface area (Å²) in [7, 11) is 0. The summed E-state index contributed by atoms with van der Waals surface area (Å²) in [5.41, 5.74) is 0.778. The van der Waals surface area contributed by atoms with Gasteiger partial charge in [-0.3, -0.25) is 0 Å². The summed E-state index contributed by atoms with van der Waals surface area (Å²) in [5, 5.41) is 9.19. The molecule has 1 aliphatic rings. The third-order valence-corrected chi connectivity index (χ3v) is 3.32. The third kappa shape index (κ3) is 2.53. The number of nitrogens with zero attached hydrogens (tertiary/aromatic N) is 1. The molecule has 0 radical (unpaired) electrons. The Bertz CT molecular complexity index is 340. The second kappa shape index (κ2) is 5.30. The van der Waals surface area contributed by atoms with Crippen LogP contribution in [0.3, 0.4) is 0 Å². The number of rotatable bonds is 3. The third-order valence-electron chi connectivity index (χ3n) is 3.32. The summed E-state index contributed by atoms with van der Waals surface area (Å²) in [6, 6.07) is 3.68. The number of hydrogen-bond donors (Lipinski definition) is 1. The molecule has 0 aliphatic heterocycles. The number of pyridine rings is 1. The van der Waals surface area contributed by atoms with Crippen LogP contribution in [0.25, 0.3) is 0 Å². The van der Waals surface area contributed by atoms with E-state index in [2.05, 4.69) is 11.9 Å². The summed E-state index contributed by atoms with van der Waals surface area (Å²) in [6.07, 6.45) is 6.83. The second-order valence-corrected chi connectivity index (χ2v) is 4.54. The molecule has 0 aromatic carbocycles. The van der Waals surface area contributed by atoms with E-state index in [1.165, 1.54) is 19.3 Å². The lowest BCUT2D eigenvalue weighted by Gasteiger charge is -2.29. The van der Waals surface area contributed by atoms with Gasteiger partial charge in [-0.15, -0.1) is 0 Å². The highest BCUT2D eigenvalue weighted by Crippen LogP contribution is 2.28. The van der Waals surface area contributed by atoms with Gasteiger partial charge in [-0.05, 0) is 37.3 Å². The maximum atomic E-state index is 9.19. The zero-order valence-electron chi connectivity index (χ0n) is 9.72. The highest BCUT2D eigenvalue weighted by molar-refractivity contribution is 5.24. The van der Waals surface area contributed by atoms with Gasteiger partial charge in [-0.2, -0.15) is 0 Å².